The van der Waals surface area contributed by atoms with E-state index in [2.05, 4.69) is 0 Å². The van der Waals surface area contributed by atoms with Crippen LogP contribution in [0.15, 0.2) is 48.0 Å². The summed E-state index contributed by atoms with van der Waals surface area (Å²) in [6, 6.07) is 11.9. The van der Waals surface area contributed by atoms with Crippen molar-refractivity contribution in [3.05, 3.63) is 64.7 Å². The van der Waals surface area contributed by atoms with E-state index in [1.54, 1.807) is 6.07 Å². The number of phenols is 1. The number of aromatic hydroxyl groups is 1. The second-order valence-corrected chi connectivity index (χ2v) is 11.6. The number of unbranched alkanes of at least 4 members (excludes halogenated alkanes) is 3. The molecule has 0 aliphatic carbocycles. The van der Waals surface area contributed by atoms with E-state index in [1.165, 1.54) is 25.3 Å². The normalized spacial score (nSPS) is 22.0. The maximum Gasteiger partial charge on any atom is 0.334 e. The molecule has 0 amide bonds. The van der Waals surface area contributed by atoms with Gasteiger partial charge < -0.3 is 49.6 Å². The van der Waals surface area contributed by atoms with Crippen LogP contribution in [0.3, 0.4) is 0 Å². The quantitative estimate of drug-likeness (QED) is 0.0780. The molecule has 3 rings (SSSR count). The fourth-order valence-corrected chi connectivity index (χ4v) is 5.55. The molecule has 6 unspecified atom stereocenters. The average molecular weight is 661 g/mol. The lowest BCUT2D eigenvalue weighted by Gasteiger charge is -2.41. The molecule has 0 aromatic heterocycles. The first-order chi connectivity index (χ1) is 22.6. The lowest BCUT2D eigenvalue weighted by molar-refractivity contribution is -0.293. The van der Waals surface area contributed by atoms with Crippen molar-refractivity contribution >= 4 is 18.0 Å². The van der Waals surface area contributed by atoms with Crippen molar-refractivity contribution < 1.29 is 59.2 Å². The standard InChI is InChI=1S/C35H48O12/c1-3-4-5-6-10-30(40)46-32-31(41)29(21-38)45-35(43)33(32)47-34(42)26(18-23-11-12-27(39)28(19-23)44-2)20-25(14-16-37)24-9-7-8-22(17-24)13-15-36/h7-9,11-12,17-19,25,29,31-33,35-39,41,43H,3-6,10,13-16,20-21H2,1-2H3. The number of carbonyl (C=O) groups excluding carboxylic acids is 2. The first-order valence-corrected chi connectivity index (χ1v) is 16.1. The summed E-state index contributed by atoms with van der Waals surface area (Å²) in [6.07, 6.45) is -2.33. The Morgan fingerprint density at radius 1 is 0.979 bits per heavy atom. The summed E-state index contributed by atoms with van der Waals surface area (Å²) in [4.78, 5) is 26.7. The number of phenolic OH excluding ortho intramolecular Hbond substituents is 1. The number of rotatable bonds is 18. The highest BCUT2D eigenvalue weighted by Crippen LogP contribution is 2.33. The van der Waals surface area contributed by atoms with Crippen molar-refractivity contribution in [1.82, 2.24) is 0 Å². The number of carbonyl (C=O) groups is 2. The largest absolute Gasteiger partial charge is 0.504 e. The van der Waals surface area contributed by atoms with Gasteiger partial charge in [-0.05, 0) is 66.5 Å². The molecule has 260 valence electrons. The molecule has 12 nitrogen and oxygen atoms in total. The Hall–Kier alpha value is -3.52. The number of ether oxygens (including phenoxy) is 4. The molecule has 1 heterocycles. The van der Waals surface area contributed by atoms with Crippen LogP contribution in [0.2, 0.25) is 0 Å². The molecule has 12 heteroatoms. The molecule has 47 heavy (non-hydrogen) atoms. The summed E-state index contributed by atoms with van der Waals surface area (Å²) in [5.74, 6) is -1.91. The zero-order chi connectivity index (χ0) is 34.3. The summed E-state index contributed by atoms with van der Waals surface area (Å²) in [5, 5.41) is 60.9. The first kappa shape index (κ1) is 37.9. The van der Waals surface area contributed by atoms with E-state index in [0.29, 0.717) is 18.4 Å². The minimum atomic E-state index is -1.84. The zero-order valence-corrected chi connectivity index (χ0v) is 27.0. The SMILES string of the molecule is CCCCCCC(=O)OC1C(O)C(CO)OC(O)C1OC(=O)C(=Cc1ccc(O)c(OC)c1)CC(CCO)c1cccc(CCO)c1. The van der Waals surface area contributed by atoms with Crippen molar-refractivity contribution in [2.45, 2.75) is 94.9 Å². The molecular formula is C35H48O12. The molecular weight excluding hydrogens is 612 g/mol. The highest BCUT2D eigenvalue weighted by Gasteiger charge is 2.49. The van der Waals surface area contributed by atoms with E-state index < -0.39 is 49.3 Å². The molecule has 1 fully saturated rings. The summed E-state index contributed by atoms with van der Waals surface area (Å²) in [5.41, 5.74) is 2.25. The molecule has 0 spiro atoms. The molecule has 6 atom stereocenters. The van der Waals surface area contributed by atoms with Gasteiger partial charge in [0.25, 0.3) is 0 Å². The Labute approximate surface area is 275 Å². The Bertz CT molecular complexity index is 1310. The number of benzene rings is 2. The van der Waals surface area contributed by atoms with Crippen LogP contribution in [0.1, 0.15) is 74.5 Å². The lowest BCUT2D eigenvalue weighted by Crippen LogP contribution is -2.61. The minimum absolute atomic E-state index is 0.0481. The minimum Gasteiger partial charge on any atom is -0.504 e. The maximum absolute atomic E-state index is 14.0. The van der Waals surface area contributed by atoms with Gasteiger partial charge in [0.1, 0.15) is 12.2 Å². The van der Waals surface area contributed by atoms with Crippen LogP contribution in [-0.2, 0) is 30.2 Å². The topological polar surface area (TPSA) is 192 Å². The van der Waals surface area contributed by atoms with Gasteiger partial charge >= 0.3 is 11.9 Å². The van der Waals surface area contributed by atoms with Crippen LogP contribution >= 0.6 is 0 Å². The number of esters is 2. The van der Waals surface area contributed by atoms with Crippen LogP contribution in [0.4, 0.5) is 0 Å². The molecule has 0 saturated carbocycles. The summed E-state index contributed by atoms with van der Waals surface area (Å²) in [7, 11) is 1.38. The number of hydrogen-bond acceptors (Lipinski definition) is 12. The third-order valence-corrected chi connectivity index (χ3v) is 8.14. The number of hydrogen-bond donors (Lipinski definition) is 6. The van der Waals surface area contributed by atoms with E-state index in [9.17, 15) is 40.2 Å². The van der Waals surface area contributed by atoms with Gasteiger partial charge in [0.15, 0.2) is 30.0 Å². The average Bonchev–Trinajstić information content (AvgIpc) is 3.06. The molecule has 2 aromatic carbocycles. The molecule has 0 bridgehead atoms. The van der Waals surface area contributed by atoms with Gasteiger partial charge in [-0.1, -0.05) is 56.5 Å². The Balaban J connectivity index is 1.97. The fourth-order valence-electron chi connectivity index (χ4n) is 5.55. The van der Waals surface area contributed by atoms with Crippen LogP contribution in [-0.4, -0.2) is 100 Å². The van der Waals surface area contributed by atoms with E-state index in [0.717, 1.165) is 30.4 Å². The number of aliphatic hydroxyl groups is 5. The Morgan fingerprint density at radius 3 is 2.45 bits per heavy atom. The predicted molar refractivity (Wildman–Crippen MR) is 171 cm³/mol. The molecule has 1 saturated heterocycles. The van der Waals surface area contributed by atoms with Crippen LogP contribution in [0.25, 0.3) is 6.08 Å². The fraction of sp³-hybridized carbons (Fsp3) is 0.543. The van der Waals surface area contributed by atoms with Gasteiger partial charge in [-0.25, -0.2) is 4.79 Å². The predicted octanol–water partition coefficient (Wildman–Crippen LogP) is 2.74. The van der Waals surface area contributed by atoms with Gasteiger partial charge in [-0.15, -0.1) is 0 Å². The lowest BCUT2D eigenvalue weighted by atomic mass is 9.87. The number of methoxy groups -OCH3 is 1. The van der Waals surface area contributed by atoms with E-state index in [-0.39, 0.29) is 55.5 Å². The Kier molecular flexibility index (Phi) is 15.6. The van der Waals surface area contributed by atoms with Gasteiger partial charge in [0.2, 0.25) is 0 Å². The van der Waals surface area contributed by atoms with E-state index in [1.807, 2.05) is 31.2 Å². The molecule has 6 N–H and O–H groups in total. The monoisotopic (exact) mass is 660 g/mol. The zero-order valence-electron chi connectivity index (χ0n) is 27.0. The molecule has 1 aliphatic rings. The molecule has 1 aliphatic heterocycles. The van der Waals surface area contributed by atoms with Crippen LogP contribution < -0.4 is 4.74 Å². The smallest absolute Gasteiger partial charge is 0.334 e. The molecule has 0 radical (unpaired) electrons. The van der Waals surface area contributed by atoms with Crippen molar-refractivity contribution in [2.75, 3.05) is 26.9 Å². The van der Waals surface area contributed by atoms with Crippen molar-refractivity contribution in [1.29, 1.82) is 0 Å². The van der Waals surface area contributed by atoms with Gasteiger partial charge in [-0.3, -0.25) is 4.79 Å². The highest BCUT2D eigenvalue weighted by molar-refractivity contribution is 5.94. The summed E-state index contributed by atoms with van der Waals surface area (Å²) in [6.45, 7) is 1.11. The Morgan fingerprint density at radius 2 is 1.77 bits per heavy atom. The summed E-state index contributed by atoms with van der Waals surface area (Å²) < 4.78 is 21.8. The second-order valence-electron chi connectivity index (χ2n) is 11.6. The maximum atomic E-state index is 14.0. The summed E-state index contributed by atoms with van der Waals surface area (Å²) >= 11 is 0. The van der Waals surface area contributed by atoms with Crippen molar-refractivity contribution in [2.24, 2.45) is 0 Å². The second kappa shape index (κ2) is 19.3. The first-order valence-electron chi connectivity index (χ1n) is 16.1. The van der Waals surface area contributed by atoms with Crippen LogP contribution in [0, 0.1) is 0 Å². The van der Waals surface area contributed by atoms with E-state index >= 15 is 0 Å². The third kappa shape index (κ3) is 11.0. The third-order valence-electron chi connectivity index (χ3n) is 8.14. The van der Waals surface area contributed by atoms with Gasteiger partial charge in [-0.2, -0.15) is 0 Å². The van der Waals surface area contributed by atoms with Crippen molar-refractivity contribution in [3.8, 4) is 11.5 Å². The van der Waals surface area contributed by atoms with Gasteiger partial charge in [0.05, 0.1) is 13.7 Å². The van der Waals surface area contributed by atoms with Crippen LogP contribution in [0.5, 0.6) is 11.5 Å². The van der Waals surface area contributed by atoms with Gasteiger partial charge in [0, 0.05) is 25.2 Å². The molecule has 2 aromatic rings. The highest BCUT2D eigenvalue weighted by atomic mass is 16.7. The van der Waals surface area contributed by atoms with Crippen molar-refractivity contribution in [3.63, 3.8) is 0 Å². The van der Waals surface area contributed by atoms with E-state index in [4.69, 9.17) is 18.9 Å². The number of aliphatic hydroxyl groups excluding tert-OH is 5.